The molecule has 2 aliphatic rings. The number of carbonyl (C=O) groups excluding carboxylic acids is 2. The highest BCUT2D eigenvalue weighted by atomic mass is 16.2. The van der Waals surface area contributed by atoms with Crippen LogP contribution in [0.25, 0.3) is 0 Å². The maximum atomic E-state index is 11.8. The molecular formula is C12H17NO2. The lowest BCUT2D eigenvalue weighted by Gasteiger charge is -2.32. The van der Waals surface area contributed by atoms with E-state index in [1.807, 2.05) is 0 Å². The Hall–Kier alpha value is -1.12. The Bertz CT molecular complexity index is 333. The Morgan fingerprint density at radius 1 is 1.33 bits per heavy atom. The Balaban J connectivity index is 2.11. The van der Waals surface area contributed by atoms with Crippen LogP contribution >= 0.6 is 0 Å². The van der Waals surface area contributed by atoms with E-state index in [1.165, 1.54) is 17.4 Å². The van der Waals surface area contributed by atoms with Gasteiger partial charge in [-0.2, -0.15) is 0 Å². The number of imide groups is 1. The van der Waals surface area contributed by atoms with Crippen LogP contribution in [0, 0.1) is 5.92 Å². The monoisotopic (exact) mass is 207 g/mol. The van der Waals surface area contributed by atoms with E-state index in [0.29, 0.717) is 11.5 Å². The minimum atomic E-state index is -0.114. The minimum absolute atomic E-state index is 0.0842. The Morgan fingerprint density at radius 2 is 2.07 bits per heavy atom. The van der Waals surface area contributed by atoms with Gasteiger partial charge in [-0.1, -0.05) is 19.8 Å². The van der Waals surface area contributed by atoms with E-state index in [-0.39, 0.29) is 17.9 Å². The van der Waals surface area contributed by atoms with Crippen molar-refractivity contribution in [3.05, 3.63) is 11.6 Å². The average Bonchev–Trinajstić information content (AvgIpc) is 2.41. The van der Waals surface area contributed by atoms with E-state index < -0.39 is 0 Å². The van der Waals surface area contributed by atoms with Gasteiger partial charge < -0.3 is 0 Å². The van der Waals surface area contributed by atoms with Gasteiger partial charge in [0.1, 0.15) is 0 Å². The fraction of sp³-hybridized carbons (Fsp3) is 0.667. The molecule has 2 atom stereocenters. The van der Waals surface area contributed by atoms with Crippen molar-refractivity contribution >= 4 is 11.8 Å². The molecule has 0 bridgehead atoms. The van der Waals surface area contributed by atoms with E-state index >= 15 is 0 Å². The molecule has 1 fully saturated rings. The van der Waals surface area contributed by atoms with Crippen molar-refractivity contribution in [1.29, 1.82) is 0 Å². The standard InChI is InChI=1S/C12H17NO2/c1-8-4-3-5-10(6-8)13-11(14)7-9(2)12(13)15/h7-8,10H,3-6H2,1-2H3. The van der Waals surface area contributed by atoms with Crippen LogP contribution in [0.1, 0.15) is 39.5 Å². The molecule has 1 aliphatic carbocycles. The highest BCUT2D eigenvalue weighted by molar-refractivity contribution is 6.16. The first kappa shape index (κ1) is 10.4. The van der Waals surface area contributed by atoms with Gasteiger partial charge in [-0.15, -0.1) is 0 Å². The van der Waals surface area contributed by atoms with Crippen LogP contribution in [0.5, 0.6) is 0 Å². The van der Waals surface area contributed by atoms with Crippen molar-refractivity contribution in [1.82, 2.24) is 4.90 Å². The first-order chi connectivity index (χ1) is 7.09. The maximum absolute atomic E-state index is 11.8. The molecule has 0 aromatic heterocycles. The van der Waals surface area contributed by atoms with Crippen molar-refractivity contribution in [3.8, 4) is 0 Å². The molecule has 3 heteroatoms. The van der Waals surface area contributed by atoms with Gasteiger partial charge >= 0.3 is 0 Å². The van der Waals surface area contributed by atoms with Crippen LogP contribution in [0.3, 0.4) is 0 Å². The van der Waals surface area contributed by atoms with Gasteiger partial charge in [0.2, 0.25) is 0 Å². The smallest absolute Gasteiger partial charge is 0.256 e. The highest BCUT2D eigenvalue weighted by Crippen LogP contribution is 2.30. The largest absolute Gasteiger partial charge is 0.272 e. The van der Waals surface area contributed by atoms with Crippen molar-refractivity contribution in [2.24, 2.45) is 5.92 Å². The Morgan fingerprint density at radius 3 is 2.60 bits per heavy atom. The summed E-state index contributed by atoms with van der Waals surface area (Å²) in [4.78, 5) is 24.9. The normalized spacial score (nSPS) is 32.1. The number of hydrogen-bond donors (Lipinski definition) is 0. The zero-order valence-electron chi connectivity index (χ0n) is 9.32. The molecule has 2 amide bonds. The average molecular weight is 207 g/mol. The molecule has 2 rings (SSSR count). The summed E-state index contributed by atoms with van der Waals surface area (Å²) in [5, 5.41) is 0. The summed E-state index contributed by atoms with van der Waals surface area (Å²) < 4.78 is 0. The molecule has 3 nitrogen and oxygen atoms in total. The first-order valence-corrected chi connectivity index (χ1v) is 5.65. The molecule has 15 heavy (non-hydrogen) atoms. The van der Waals surface area contributed by atoms with E-state index in [2.05, 4.69) is 6.92 Å². The van der Waals surface area contributed by atoms with Gasteiger partial charge in [-0.3, -0.25) is 14.5 Å². The predicted octanol–water partition coefficient (Wildman–Crippen LogP) is 1.88. The number of hydrogen-bond acceptors (Lipinski definition) is 2. The lowest BCUT2D eigenvalue weighted by Crippen LogP contribution is -2.42. The summed E-state index contributed by atoms with van der Waals surface area (Å²) in [6.07, 6.45) is 5.75. The van der Waals surface area contributed by atoms with E-state index in [9.17, 15) is 9.59 Å². The fourth-order valence-electron chi connectivity index (χ4n) is 2.59. The van der Waals surface area contributed by atoms with Crippen molar-refractivity contribution in [2.45, 2.75) is 45.6 Å². The molecule has 0 aromatic rings. The molecule has 1 aliphatic heterocycles. The van der Waals surface area contributed by atoms with E-state index in [1.54, 1.807) is 6.92 Å². The number of nitrogens with zero attached hydrogens (tertiary/aromatic N) is 1. The van der Waals surface area contributed by atoms with Crippen molar-refractivity contribution in [2.75, 3.05) is 0 Å². The second kappa shape index (κ2) is 3.80. The molecule has 82 valence electrons. The Kier molecular flexibility index (Phi) is 2.63. The van der Waals surface area contributed by atoms with Gasteiger partial charge in [-0.25, -0.2) is 0 Å². The van der Waals surface area contributed by atoms with Gasteiger partial charge in [0, 0.05) is 17.7 Å². The van der Waals surface area contributed by atoms with Crippen LogP contribution in [0.2, 0.25) is 0 Å². The van der Waals surface area contributed by atoms with Gasteiger partial charge in [-0.05, 0) is 25.7 Å². The molecule has 0 saturated heterocycles. The van der Waals surface area contributed by atoms with Gasteiger partial charge in [0.15, 0.2) is 0 Å². The summed E-state index contributed by atoms with van der Waals surface area (Å²) in [6.45, 7) is 3.91. The molecule has 1 heterocycles. The summed E-state index contributed by atoms with van der Waals surface area (Å²) in [5.41, 5.74) is 0.582. The summed E-state index contributed by atoms with van der Waals surface area (Å²) in [6, 6.07) is 0.141. The fourth-order valence-corrected chi connectivity index (χ4v) is 2.59. The lowest BCUT2D eigenvalue weighted by molar-refractivity contribution is -0.140. The third-order valence-corrected chi connectivity index (χ3v) is 3.41. The molecule has 0 N–H and O–H groups in total. The van der Waals surface area contributed by atoms with Crippen molar-refractivity contribution in [3.63, 3.8) is 0 Å². The van der Waals surface area contributed by atoms with Gasteiger partial charge in [0.25, 0.3) is 11.8 Å². The van der Waals surface area contributed by atoms with Crippen LogP contribution in [0.4, 0.5) is 0 Å². The number of carbonyl (C=O) groups is 2. The zero-order valence-corrected chi connectivity index (χ0v) is 9.32. The third kappa shape index (κ3) is 1.83. The van der Waals surface area contributed by atoms with Crippen LogP contribution in [-0.4, -0.2) is 22.8 Å². The second-order valence-corrected chi connectivity index (χ2v) is 4.77. The molecule has 1 saturated carbocycles. The van der Waals surface area contributed by atoms with Crippen LogP contribution in [-0.2, 0) is 9.59 Å². The first-order valence-electron chi connectivity index (χ1n) is 5.65. The zero-order chi connectivity index (χ0) is 11.0. The molecule has 0 aromatic carbocycles. The quantitative estimate of drug-likeness (QED) is 0.616. The lowest BCUT2D eigenvalue weighted by atomic mass is 9.86. The molecular weight excluding hydrogens is 190 g/mol. The van der Waals surface area contributed by atoms with E-state index in [0.717, 1.165) is 19.3 Å². The second-order valence-electron chi connectivity index (χ2n) is 4.77. The summed E-state index contributed by atoms with van der Waals surface area (Å²) in [5.74, 6) is 0.431. The predicted molar refractivity (Wildman–Crippen MR) is 57.0 cm³/mol. The van der Waals surface area contributed by atoms with Gasteiger partial charge in [0.05, 0.1) is 0 Å². The Labute approximate surface area is 90.1 Å². The molecule has 0 spiro atoms. The van der Waals surface area contributed by atoms with Crippen molar-refractivity contribution < 1.29 is 9.59 Å². The van der Waals surface area contributed by atoms with Crippen LogP contribution < -0.4 is 0 Å². The van der Waals surface area contributed by atoms with Crippen LogP contribution in [0.15, 0.2) is 11.6 Å². The number of amides is 2. The minimum Gasteiger partial charge on any atom is -0.272 e. The number of rotatable bonds is 1. The topological polar surface area (TPSA) is 37.4 Å². The molecule has 0 radical (unpaired) electrons. The highest BCUT2D eigenvalue weighted by Gasteiger charge is 2.36. The molecule has 2 unspecified atom stereocenters. The third-order valence-electron chi connectivity index (χ3n) is 3.41. The van der Waals surface area contributed by atoms with E-state index in [4.69, 9.17) is 0 Å². The SMILES string of the molecule is CC1=CC(=O)N(C2CCCC(C)C2)C1=O. The summed E-state index contributed by atoms with van der Waals surface area (Å²) in [7, 11) is 0. The maximum Gasteiger partial charge on any atom is 0.256 e. The summed E-state index contributed by atoms with van der Waals surface area (Å²) >= 11 is 0.